The number of hydrogen-bond acceptors (Lipinski definition) is 4. The van der Waals surface area contributed by atoms with Gasteiger partial charge in [0.1, 0.15) is 18.5 Å². The number of ether oxygens (including phenoxy) is 1. The van der Waals surface area contributed by atoms with Gasteiger partial charge in [-0.25, -0.2) is 4.39 Å². The van der Waals surface area contributed by atoms with Crippen molar-refractivity contribution in [1.29, 1.82) is 0 Å². The van der Waals surface area contributed by atoms with Crippen LogP contribution in [0.1, 0.15) is 42.0 Å². The van der Waals surface area contributed by atoms with Crippen LogP contribution in [0, 0.1) is 19.7 Å². The molecule has 0 aliphatic rings. The first kappa shape index (κ1) is 22.1. The molecule has 0 aliphatic carbocycles. The molecule has 5 heteroatoms. The quantitative estimate of drug-likeness (QED) is 0.622. The third-order valence-electron chi connectivity index (χ3n) is 4.57. The fourth-order valence-corrected chi connectivity index (χ4v) is 3.11. The molecule has 4 nitrogen and oxygen atoms in total. The zero-order chi connectivity index (χ0) is 20.5. The van der Waals surface area contributed by atoms with Gasteiger partial charge in [-0.15, -0.1) is 0 Å². The molecule has 0 saturated carbocycles. The van der Waals surface area contributed by atoms with E-state index in [0.717, 1.165) is 12.0 Å². The van der Waals surface area contributed by atoms with Gasteiger partial charge in [0.25, 0.3) is 0 Å². The number of aliphatic hydroxyl groups is 1. The van der Waals surface area contributed by atoms with Crippen molar-refractivity contribution in [3.05, 3.63) is 70.5 Å². The summed E-state index contributed by atoms with van der Waals surface area (Å²) in [5, 5.41) is 10.4. The van der Waals surface area contributed by atoms with Crippen LogP contribution in [0.2, 0.25) is 0 Å². The Hall–Kier alpha value is -2.24. The predicted molar refractivity (Wildman–Crippen MR) is 108 cm³/mol. The molecule has 0 aromatic heterocycles. The number of carbonyl (C=O) groups excluding carboxylic acids is 1. The molecule has 152 valence electrons. The molecule has 0 spiro atoms. The predicted octanol–water partition coefficient (Wildman–Crippen LogP) is 4.15. The second-order valence-corrected chi connectivity index (χ2v) is 7.31. The molecule has 0 bridgehead atoms. The number of benzene rings is 2. The van der Waals surface area contributed by atoms with Crippen LogP contribution in [-0.2, 0) is 22.6 Å². The standard InChI is InChI=1S/C23H30FNO3/c1-4-5-23(27)28-16-22(26)15-25(13-19-7-10-21(24)11-8-19)14-20-9-6-17(2)12-18(20)3/h6-12,22,26H,4-5,13-16H2,1-3H3. The van der Waals surface area contributed by atoms with Gasteiger partial charge in [-0.1, -0.05) is 42.8 Å². The zero-order valence-corrected chi connectivity index (χ0v) is 17.0. The highest BCUT2D eigenvalue weighted by atomic mass is 19.1. The van der Waals surface area contributed by atoms with Crippen LogP contribution < -0.4 is 0 Å². The van der Waals surface area contributed by atoms with Crippen molar-refractivity contribution < 1.29 is 19.0 Å². The lowest BCUT2D eigenvalue weighted by Gasteiger charge is -2.26. The summed E-state index contributed by atoms with van der Waals surface area (Å²) in [7, 11) is 0. The molecule has 2 aromatic carbocycles. The van der Waals surface area contributed by atoms with E-state index in [1.54, 1.807) is 12.1 Å². The number of hydrogen-bond donors (Lipinski definition) is 1. The van der Waals surface area contributed by atoms with Crippen molar-refractivity contribution in [2.45, 2.75) is 52.8 Å². The fourth-order valence-electron chi connectivity index (χ4n) is 3.11. The normalized spacial score (nSPS) is 12.2. The van der Waals surface area contributed by atoms with E-state index in [1.807, 2.05) is 6.92 Å². The zero-order valence-electron chi connectivity index (χ0n) is 17.0. The van der Waals surface area contributed by atoms with Crippen molar-refractivity contribution in [2.24, 2.45) is 0 Å². The third-order valence-corrected chi connectivity index (χ3v) is 4.57. The molecule has 0 amide bonds. The summed E-state index contributed by atoms with van der Waals surface area (Å²) >= 11 is 0. The molecule has 28 heavy (non-hydrogen) atoms. The van der Waals surface area contributed by atoms with Gasteiger partial charge in [-0.3, -0.25) is 9.69 Å². The van der Waals surface area contributed by atoms with Crippen LogP contribution in [0.25, 0.3) is 0 Å². The number of carbonyl (C=O) groups is 1. The second-order valence-electron chi connectivity index (χ2n) is 7.31. The average molecular weight is 387 g/mol. The highest BCUT2D eigenvalue weighted by Crippen LogP contribution is 2.16. The van der Waals surface area contributed by atoms with Crippen LogP contribution in [-0.4, -0.2) is 35.2 Å². The van der Waals surface area contributed by atoms with Crippen LogP contribution in [0.5, 0.6) is 0 Å². The first-order chi connectivity index (χ1) is 13.4. The van der Waals surface area contributed by atoms with Gasteiger partial charge >= 0.3 is 5.97 Å². The van der Waals surface area contributed by atoms with Crippen molar-refractivity contribution >= 4 is 5.97 Å². The SMILES string of the molecule is CCCC(=O)OCC(O)CN(Cc1ccc(F)cc1)Cc1ccc(C)cc1C. The van der Waals surface area contributed by atoms with Crippen molar-refractivity contribution in [1.82, 2.24) is 4.90 Å². The lowest BCUT2D eigenvalue weighted by molar-refractivity contribution is -0.147. The summed E-state index contributed by atoms with van der Waals surface area (Å²) in [5.74, 6) is -0.562. The summed E-state index contributed by atoms with van der Waals surface area (Å²) in [5.41, 5.74) is 4.52. The highest BCUT2D eigenvalue weighted by molar-refractivity contribution is 5.69. The number of nitrogens with zero attached hydrogens (tertiary/aromatic N) is 1. The molecule has 0 heterocycles. The lowest BCUT2D eigenvalue weighted by atomic mass is 10.0. The maximum absolute atomic E-state index is 13.2. The van der Waals surface area contributed by atoms with E-state index in [0.29, 0.717) is 26.1 Å². The van der Waals surface area contributed by atoms with Gasteiger partial charge in [0.15, 0.2) is 0 Å². The van der Waals surface area contributed by atoms with Gasteiger partial charge in [-0.05, 0) is 49.1 Å². The Morgan fingerprint density at radius 1 is 1.14 bits per heavy atom. The maximum atomic E-state index is 13.2. The fraction of sp³-hybridized carbons (Fsp3) is 0.435. The summed E-state index contributed by atoms with van der Waals surface area (Å²) in [6, 6.07) is 12.7. The minimum absolute atomic E-state index is 0.0222. The van der Waals surface area contributed by atoms with Gasteiger partial charge in [0, 0.05) is 26.1 Å². The molecule has 1 atom stereocenters. The number of aryl methyl sites for hydroxylation is 2. The molecule has 0 aliphatic heterocycles. The Morgan fingerprint density at radius 3 is 2.50 bits per heavy atom. The average Bonchev–Trinajstić information content (AvgIpc) is 2.64. The molecule has 1 N–H and O–H groups in total. The molecule has 2 rings (SSSR count). The van der Waals surface area contributed by atoms with Crippen molar-refractivity contribution in [2.75, 3.05) is 13.2 Å². The number of aliphatic hydroxyl groups excluding tert-OH is 1. The van der Waals surface area contributed by atoms with Crippen molar-refractivity contribution in [3.63, 3.8) is 0 Å². The Labute approximate surface area is 166 Å². The summed E-state index contributed by atoms with van der Waals surface area (Å²) < 4.78 is 18.3. The van der Waals surface area contributed by atoms with E-state index in [2.05, 4.69) is 36.9 Å². The topological polar surface area (TPSA) is 49.8 Å². The van der Waals surface area contributed by atoms with E-state index in [4.69, 9.17) is 4.74 Å². The van der Waals surface area contributed by atoms with E-state index in [-0.39, 0.29) is 18.4 Å². The van der Waals surface area contributed by atoms with Gasteiger partial charge < -0.3 is 9.84 Å². The molecule has 2 aromatic rings. The lowest BCUT2D eigenvalue weighted by Crippen LogP contribution is -2.35. The summed E-state index contributed by atoms with van der Waals surface area (Å²) in [6.07, 6.45) is 0.291. The number of esters is 1. The number of rotatable bonds is 10. The molecular weight excluding hydrogens is 357 g/mol. The smallest absolute Gasteiger partial charge is 0.305 e. The summed E-state index contributed by atoms with van der Waals surface area (Å²) in [4.78, 5) is 13.6. The Morgan fingerprint density at radius 2 is 1.86 bits per heavy atom. The van der Waals surface area contributed by atoms with E-state index >= 15 is 0 Å². The maximum Gasteiger partial charge on any atom is 0.305 e. The summed E-state index contributed by atoms with van der Waals surface area (Å²) in [6.45, 7) is 7.57. The van der Waals surface area contributed by atoms with Gasteiger partial charge in [0.05, 0.1) is 0 Å². The first-order valence-electron chi connectivity index (χ1n) is 9.74. The van der Waals surface area contributed by atoms with E-state index in [1.165, 1.54) is 28.8 Å². The largest absolute Gasteiger partial charge is 0.463 e. The molecule has 0 saturated heterocycles. The highest BCUT2D eigenvalue weighted by Gasteiger charge is 2.16. The van der Waals surface area contributed by atoms with Gasteiger partial charge in [-0.2, -0.15) is 0 Å². The third kappa shape index (κ3) is 7.41. The minimum Gasteiger partial charge on any atom is -0.463 e. The monoisotopic (exact) mass is 387 g/mol. The Bertz CT molecular complexity index is 761. The molecule has 1 unspecified atom stereocenters. The van der Waals surface area contributed by atoms with E-state index < -0.39 is 6.10 Å². The molecular formula is C23H30FNO3. The van der Waals surface area contributed by atoms with Gasteiger partial charge in [0.2, 0.25) is 0 Å². The van der Waals surface area contributed by atoms with Crippen LogP contribution >= 0.6 is 0 Å². The molecule has 0 fully saturated rings. The second kappa shape index (κ2) is 10.9. The molecule has 0 radical (unpaired) electrons. The first-order valence-corrected chi connectivity index (χ1v) is 9.74. The Kier molecular flexibility index (Phi) is 8.61. The van der Waals surface area contributed by atoms with Crippen LogP contribution in [0.3, 0.4) is 0 Å². The van der Waals surface area contributed by atoms with Crippen LogP contribution in [0.4, 0.5) is 4.39 Å². The Balaban J connectivity index is 2.06. The number of halogens is 1. The van der Waals surface area contributed by atoms with E-state index in [9.17, 15) is 14.3 Å². The minimum atomic E-state index is -0.785. The van der Waals surface area contributed by atoms with Crippen molar-refractivity contribution in [3.8, 4) is 0 Å². The van der Waals surface area contributed by atoms with Crippen LogP contribution in [0.15, 0.2) is 42.5 Å².